The van der Waals surface area contributed by atoms with Gasteiger partial charge in [-0.1, -0.05) is 29.4 Å². The number of hydrogen-bond acceptors (Lipinski definition) is 6. The van der Waals surface area contributed by atoms with Crippen molar-refractivity contribution >= 4 is 23.2 Å². The van der Waals surface area contributed by atoms with Gasteiger partial charge < -0.3 is 15.0 Å². The van der Waals surface area contributed by atoms with Crippen molar-refractivity contribution in [3.63, 3.8) is 0 Å². The number of halogens is 1. The van der Waals surface area contributed by atoms with Crippen LogP contribution >= 0.6 is 12.4 Å². The molecule has 126 valence electrons. The molecule has 1 aliphatic heterocycles. The Kier molecular flexibility index (Phi) is 4.80. The van der Waals surface area contributed by atoms with Gasteiger partial charge in [0.25, 0.3) is 0 Å². The molecule has 1 fully saturated rings. The number of benzene rings is 1. The Morgan fingerprint density at radius 3 is 2.71 bits per heavy atom. The molecule has 0 atom stereocenters. The number of pyridine rings is 1. The molecule has 3 heterocycles. The quantitative estimate of drug-likeness (QED) is 0.784. The zero-order chi connectivity index (χ0) is 15.7. The number of ether oxygens (including phenoxy) is 1. The minimum Gasteiger partial charge on any atom is -0.381 e. The van der Waals surface area contributed by atoms with E-state index in [0.717, 1.165) is 29.3 Å². The highest BCUT2D eigenvalue weighted by Gasteiger charge is 2.38. The molecule has 1 aromatic carbocycles. The summed E-state index contributed by atoms with van der Waals surface area (Å²) in [5, 5.41) is 6.27. The minimum absolute atomic E-state index is 0. The van der Waals surface area contributed by atoms with Crippen molar-refractivity contribution in [3.8, 4) is 11.5 Å². The van der Waals surface area contributed by atoms with Gasteiger partial charge in [0.1, 0.15) is 5.69 Å². The average molecular weight is 347 g/mol. The normalized spacial score (nSPS) is 16.7. The van der Waals surface area contributed by atoms with E-state index in [1.807, 2.05) is 30.3 Å². The Balaban J connectivity index is 0.00000169. The molecule has 0 unspecified atom stereocenters. The third-order valence-electron chi connectivity index (χ3n) is 4.61. The van der Waals surface area contributed by atoms with Gasteiger partial charge in [0.05, 0.1) is 5.41 Å². The van der Waals surface area contributed by atoms with E-state index >= 15 is 0 Å². The third kappa shape index (κ3) is 2.77. The Morgan fingerprint density at radius 1 is 1.12 bits per heavy atom. The maximum absolute atomic E-state index is 6.01. The predicted molar refractivity (Wildman–Crippen MR) is 93.1 cm³/mol. The van der Waals surface area contributed by atoms with Crippen molar-refractivity contribution in [2.75, 3.05) is 19.8 Å². The van der Waals surface area contributed by atoms with E-state index in [9.17, 15) is 0 Å². The lowest BCUT2D eigenvalue weighted by Gasteiger charge is -2.32. The second-order valence-corrected chi connectivity index (χ2v) is 5.90. The highest BCUT2D eigenvalue weighted by atomic mass is 35.5. The molecule has 0 saturated carbocycles. The summed E-state index contributed by atoms with van der Waals surface area (Å²) in [6.45, 7) is 1.81. The number of nitrogens with two attached hydrogens (primary N) is 1. The number of nitrogens with zero attached hydrogens (tertiary/aromatic N) is 3. The van der Waals surface area contributed by atoms with Crippen LogP contribution in [0.4, 0.5) is 0 Å². The van der Waals surface area contributed by atoms with Crippen molar-refractivity contribution in [3.05, 3.63) is 42.4 Å². The molecule has 3 aromatic rings. The van der Waals surface area contributed by atoms with E-state index in [-0.39, 0.29) is 17.8 Å². The van der Waals surface area contributed by atoms with Gasteiger partial charge in [0, 0.05) is 31.3 Å². The molecule has 1 saturated heterocycles. The predicted octanol–water partition coefficient (Wildman–Crippen LogP) is 2.71. The first-order valence-electron chi connectivity index (χ1n) is 7.78. The lowest BCUT2D eigenvalue weighted by Crippen LogP contribution is -2.40. The van der Waals surface area contributed by atoms with Crippen LogP contribution < -0.4 is 5.73 Å². The summed E-state index contributed by atoms with van der Waals surface area (Å²) in [6, 6.07) is 10.0. The Bertz CT molecular complexity index is 825. The van der Waals surface area contributed by atoms with Crippen LogP contribution in [0, 0.1) is 0 Å². The standard InChI is InChI=1S/C17H18N4O2.ClH/c18-11-17(6-9-22-10-7-17)16-20-15(21-23-16)14-13-4-2-1-3-12(13)5-8-19-14;/h1-5,8H,6-7,9-11,18H2;1H. The van der Waals surface area contributed by atoms with Crippen LogP contribution in [-0.2, 0) is 10.2 Å². The van der Waals surface area contributed by atoms with E-state index in [0.29, 0.717) is 31.5 Å². The molecule has 2 aromatic heterocycles. The highest BCUT2D eigenvalue weighted by Crippen LogP contribution is 2.34. The maximum atomic E-state index is 6.01. The van der Waals surface area contributed by atoms with Crippen LogP contribution in [-0.4, -0.2) is 34.9 Å². The van der Waals surface area contributed by atoms with Crippen molar-refractivity contribution in [2.24, 2.45) is 5.73 Å². The average Bonchev–Trinajstić information content (AvgIpc) is 3.12. The van der Waals surface area contributed by atoms with Gasteiger partial charge in [0.15, 0.2) is 0 Å². The molecule has 6 nitrogen and oxygen atoms in total. The van der Waals surface area contributed by atoms with E-state index in [4.69, 9.17) is 15.0 Å². The number of fused-ring (bicyclic) bond motifs is 1. The summed E-state index contributed by atoms with van der Waals surface area (Å²) >= 11 is 0. The Labute approximate surface area is 145 Å². The Morgan fingerprint density at radius 2 is 1.92 bits per heavy atom. The molecule has 0 amide bonds. The molecular weight excluding hydrogens is 328 g/mol. The fourth-order valence-corrected chi connectivity index (χ4v) is 3.10. The smallest absolute Gasteiger partial charge is 0.234 e. The van der Waals surface area contributed by atoms with Crippen LogP contribution in [0.1, 0.15) is 18.7 Å². The molecule has 0 spiro atoms. The molecule has 1 aliphatic rings. The van der Waals surface area contributed by atoms with Gasteiger partial charge >= 0.3 is 0 Å². The topological polar surface area (TPSA) is 87.1 Å². The van der Waals surface area contributed by atoms with Gasteiger partial charge in [-0.3, -0.25) is 4.98 Å². The number of aromatic nitrogens is 3. The molecule has 2 N–H and O–H groups in total. The molecule has 24 heavy (non-hydrogen) atoms. The lowest BCUT2D eigenvalue weighted by atomic mass is 9.80. The van der Waals surface area contributed by atoms with Crippen molar-refractivity contribution in [1.82, 2.24) is 15.1 Å². The first kappa shape index (κ1) is 16.8. The fourth-order valence-electron chi connectivity index (χ4n) is 3.10. The van der Waals surface area contributed by atoms with Gasteiger partial charge in [-0.05, 0) is 24.3 Å². The van der Waals surface area contributed by atoms with Crippen LogP contribution in [0.5, 0.6) is 0 Å². The van der Waals surface area contributed by atoms with Crippen LogP contribution in [0.15, 0.2) is 41.1 Å². The van der Waals surface area contributed by atoms with Gasteiger partial charge in [-0.15, -0.1) is 12.4 Å². The number of hydrogen-bond donors (Lipinski definition) is 1. The Hall–Kier alpha value is -2.02. The largest absolute Gasteiger partial charge is 0.381 e. The van der Waals surface area contributed by atoms with Gasteiger partial charge in [-0.25, -0.2) is 0 Å². The maximum Gasteiger partial charge on any atom is 0.234 e. The van der Waals surface area contributed by atoms with Crippen molar-refractivity contribution in [1.29, 1.82) is 0 Å². The second-order valence-electron chi connectivity index (χ2n) is 5.90. The van der Waals surface area contributed by atoms with Gasteiger partial charge in [-0.2, -0.15) is 4.98 Å². The molecule has 0 aliphatic carbocycles. The third-order valence-corrected chi connectivity index (χ3v) is 4.61. The summed E-state index contributed by atoms with van der Waals surface area (Å²) in [5.74, 6) is 1.10. The molecule has 0 bridgehead atoms. The first-order valence-corrected chi connectivity index (χ1v) is 7.78. The monoisotopic (exact) mass is 346 g/mol. The summed E-state index contributed by atoms with van der Waals surface area (Å²) in [7, 11) is 0. The molecule has 7 heteroatoms. The SMILES string of the molecule is Cl.NCC1(c2nc(-c3nccc4ccccc34)no2)CCOCC1. The summed E-state index contributed by atoms with van der Waals surface area (Å²) in [4.78, 5) is 9.06. The minimum atomic E-state index is -0.284. The van der Waals surface area contributed by atoms with E-state index in [2.05, 4.69) is 15.1 Å². The summed E-state index contributed by atoms with van der Waals surface area (Å²) in [5.41, 5.74) is 6.46. The van der Waals surface area contributed by atoms with Crippen molar-refractivity contribution < 1.29 is 9.26 Å². The fraction of sp³-hybridized carbons (Fsp3) is 0.353. The van der Waals surface area contributed by atoms with E-state index in [1.165, 1.54) is 0 Å². The first-order chi connectivity index (χ1) is 11.3. The van der Waals surface area contributed by atoms with Crippen LogP contribution in [0.25, 0.3) is 22.3 Å². The van der Waals surface area contributed by atoms with E-state index in [1.54, 1.807) is 6.20 Å². The molecule has 0 radical (unpaired) electrons. The van der Waals surface area contributed by atoms with E-state index < -0.39 is 0 Å². The zero-order valence-electron chi connectivity index (χ0n) is 13.1. The molecular formula is C17H19ClN4O2. The summed E-state index contributed by atoms with van der Waals surface area (Å²) in [6.07, 6.45) is 3.36. The number of rotatable bonds is 3. The zero-order valence-corrected chi connectivity index (χ0v) is 14.0. The lowest BCUT2D eigenvalue weighted by molar-refractivity contribution is 0.0409. The van der Waals surface area contributed by atoms with Crippen LogP contribution in [0.3, 0.4) is 0 Å². The summed E-state index contributed by atoms with van der Waals surface area (Å²) < 4.78 is 11.0. The van der Waals surface area contributed by atoms with Crippen LogP contribution in [0.2, 0.25) is 0 Å². The van der Waals surface area contributed by atoms with Gasteiger partial charge in [0.2, 0.25) is 11.7 Å². The molecule has 4 rings (SSSR count). The second kappa shape index (κ2) is 6.84. The highest BCUT2D eigenvalue weighted by molar-refractivity contribution is 5.92. The van der Waals surface area contributed by atoms with Crippen molar-refractivity contribution in [2.45, 2.75) is 18.3 Å².